The van der Waals surface area contributed by atoms with Crippen LogP contribution in [0, 0.1) is 20.8 Å². The molecule has 2 aromatic carbocycles. The van der Waals surface area contributed by atoms with Gasteiger partial charge in [-0.15, -0.1) is 0 Å². The maximum absolute atomic E-state index is 6.24. The molecule has 0 aliphatic heterocycles. The van der Waals surface area contributed by atoms with Crippen LogP contribution in [0.1, 0.15) is 22.5 Å². The Balaban J connectivity index is 1.50. The largest absolute Gasteiger partial charge is 0.361 e. The van der Waals surface area contributed by atoms with Gasteiger partial charge in [-0.1, -0.05) is 35.9 Å². The number of hydrogen-bond acceptors (Lipinski definition) is 4. The van der Waals surface area contributed by atoms with Gasteiger partial charge in [-0.3, -0.25) is 10.3 Å². The van der Waals surface area contributed by atoms with E-state index in [0.717, 1.165) is 34.6 Å². The van der Waals surface area contributed by atoms with Crippen molar-refractivity contribution in [1.29, 1.82) is 0 Å². The lowest BCUT2D eigenvalue weighted by Crippen LogP contribution is -2.39. The smallest absolute Gasteiger partial charge is 0.229 e. The molecule has 0 spiro atoms. The zero-order valence-corrected chi connectivity index (χ0v) is 20.8. The van der Waals surface area contributed by atoms with Gasteiger partial charge in [-0.05, 0) is 74.8 Å². The first-order valence-electron chi connectivity index (χ1n) is 10.9. The predicted octanol–water partition coefficient (Wildman–Crippen LogP) is 5.53. The molecule has 0 unspecified atom stereocenters. The van der Waals surface area contributed by atoms with Crippen LogP contribution in [0.15, 0.2) is 59.7 Å². The van der Waals surface area contributed by atoms with Crippen LogP contribution in [0.4, 0.5) is 11.6 Å². The Kier molecular flexibility index (Phi) is 7.40. The number of aryl methyl sites for hydroxylation is 3. The second kappa shape index (κ2) is 10.6. The molecule has 0 saturated heterocycles. The summed E-state index contributed by atoms with van der Waals surface area (Å²) in [6, 6.07) is 15.8. The number of rotatable bonds is 5. The van der Waals surface area contributed by atoms with Crippen molar-refractivity contribution in [1.82, 2.24) is 20.3 Å². The van der Waals surface area contributed by atoms with Gasteiger partial charge in [0.1, 0.15) is 0 Å². The van der Waals surface area contributed by atoms with E-state index >= 15 is 0 Å². The molecule has 2 heterocycles. The summed E-state index contributed by atoms with van der Waals surface area (Å²) in [6.45, 7) is 6.35. The van der Waals surface area contributed by atoms with Crippen molar-refractivity contribution in [3.63, 3.8) is 0 Å². The van der Waals surface area contributed by atoms with Crippen molar-refractivity contribution in [2.24, 2.45) is 4.99 Å². The Morgan fingerprint density at radius 2 is 1.79 bits per heavy atom. The molecule has 0 amide bonds. The van der Waals surface area contributed by atoms with E-state index in [-0.39, 0.29) is 0 Å². The van der Waals surface area contributed by atoms with Gasteiger partial charge in [-0.25, -0.2) is 9.97 Å². The number of aromatic nitrogens is 3. The van der Waals surface area contributed by atoms with E-state index in [1.54, 1.807) is 0 Å². The molecule has 0 aliphatic rings. The van der Waals surface area contributed by atoms with Gasteiger partial charge in [-0.2, -0.15) is 0 Å². The normalized spacial score (nSPS) is 11.5. The van der Waals surface area contributed by atoms with Gasteiger partial charge < -0.3 is 15.6 Å². The Labute approximate surface area is 209 Å². The van der Waals surface area contributed by atoms with E-state index < -0.39 is 0 Å². The number of benzene rings is 2. The average Bonchev–Trinajstić information content (AvgIpc) is 3.19. The van der Waals surface area contributed by atoms with E-state index in [0.29, 0.717) is 28.6 Å². The van der Waals surface area contributed by atoms with Gasteiger partial charge >= 0.3 is 0 Å². The number of nitrogens with zero attached hydrogens (tertiary/aromatic N) is 3. The minimum Gasteiger partial charge on any atom is -0.361 e. The number of aliphatic imine (C=N–C) groups is 1. The van der Waals surface area contributed by atoms with Gasteiger partial charge in [0, 0.05) is 45.7 Å². The van der Waals surface area contributed by atoms with Crippen molar-refractivity contribution in [3.8, 4) is 0 Å². The van der Waals surface area contributed by atoms with Crippen LogP contribution in [-0.2, 0) is 6.42 Å². The lowest BCUT2D eigenvalue weighted by atomic mass is 10.1. The molecule has 4 aromatic rings. The van der Waals surface area contributed by atoms with Gasteiger partial charge in [0.05, 0.1) is 0 Å². The molecule has 34 heavy (non-hydrogen) atoms. The third kappa shape index (κ3) is 6.09. The Morgan fingerprint density at radius 1 is 1.03 bits per heavy atom. The molecule has 7 nitrogen and oxygen atoms in total. The molecule has 4 N–H and O–H groups in total. The number of H-pyrrole nitrogens is 1. The van der Waals surface area contributed by atoms with Crippen LogP contribution in [0.3, 0.4) is 0 Å². The third-order valence-electron chi connectivity index (χ3n) is 5.20. The zero-order chi connectivity index (χ0) is 24.1. The van der Waals surface area contributed by atoms with Crippen LogP contribution in [0.5, 0.6) is 0 Å². The van der Waals surface area contributed by atoms with Crippen molar-refractivity contribution >= 4 is 57.4 Å². The maximum atomic E-state index is 6.24. The summed E-state index contributed by atoms with van der Waals surface area (Å²) in [5, 5.41) is 11.7. The second-order valence-corrected chi connectivity index (χ2v) is 8.80. The standard InChI is InChI=1S/C25H26ClN7S/c1-15-8-9-19(13-21(15)26)31-25(34)33-23(32-24-29-16(2)12-17(3)30-24)27-11-10-18-14-28-22-7-5-4-6-20(18)22/h4-9,12-14,28H,10-11H2,1-3H3,(H3,27,29,30,31,32,33,34). The lowest BCUT2D eigenvalue weighted by molar-refractivity contribution is 0.963. The third-order valence-corrected chi connectivity index (χ3v) is 5.81. The van der Waals surface area contributed by atoms with E-state index in [1.807, 2.05) is 63.4 Å². The van der Waals surface area contributed by atoms with Crippen LogP contribution >= 0.6 is 23.8 Å². The number of fused-ring (bicyclic) bond motifs is 1. The second-order valence-electron chi connectivity index (χ2n) is 7.98. The fraction of sp³-hybridized carbons (Fsp3) is 0.200. The summed E-state index contributed by atoms with van der Waals surface area (Å²) in [4.78, 5) is 16.9. The average molecular weight is 492 g/mol. The first-order chi connectivity index (χ1) is 16.4. The molecule has 4 rings (SSSR count). The summed E-state index contributed by atoms with van der Waals surface area (Å²) in [6.07, 6.45) is 2.79. The molecule has 174 valence electrons. The Bertz CT molecular complexity index is 1340. The lowest BCUT2D eigenvalue weighted by Gasteiger charge is -2.15. The molecule has 0 fully saturated rings. The SMILES string of the molecule is Cc1cc(C)nc(NC(=NCCc2c[nH]c3ccccc23)NC(=S)Nc2ccc(C)c(Cl)c2)n1. The molecule has 0 bridgehead atoms. The first kappa shape index (κ1) is 23.7. The minimum atomic E-state index is 0.377. The number of thiocarbonyl (C=S) groups is 1. The maximum Gasteiger partial charge on any atom is 0.229 e. The number of hydrogen-bond donors (Lipinski definition) is 4. The van der Waals surface area contributed by atoms with Crippen LogP contribution in [-0.4, -0.2) is 32.6 Å². The first-order valence-corrected chi connectivity index (χ1v) is 11.7. The quantitative estimate of drug-likeness (QED) is 0.167. The van der Waals surface area contributed by atoms with Crippen LogP contribution in [0.2, 0.25) is 5.02 Å². The highest BCUT2D eigenvalue weighted by Gasteiger charge is 2.09. The topological polar surface area (TPSA) is 90.0 Å². The highest BCUT2D eigenvalue weighted by Crippen LogP contribution is 2.20. The number of guanidine groups is 1. The van der Waals surface area contributed by atoms with Gasteiger partial charge in [0.2, 0.25) is 11.9 Å². The number of anilines is 2. The van der Waals surface area contributed by atoms with Crippen LogP contribution in [0.25, 0.3) is 10.9 Å². The molecule has 9 heteroatoms. The summed E-state index contributed by atoms with van der Waals surface area (Å²) >= 11 is 11.8. The van der Waals surface area contributed by atoms with Crippen molar-refractivity contribution in [2.45, 2.75) is 27.2 Å². The van der Waals surface area contributed by atoms with E-state index in [9.17, 15) is 0 Å². The van der Waals surface area contributed by atoms with E-state index in [4.69, 9.17) is 28.8 Å². The van der Waals surface area contributed by atoms with Gasteiger partial charge in [0.15, 0.2) is 5.11 Å². The summed E-state index contributed by atoms with van der Waals surface area (Å²) in [5.74, 6) is 0.914. The number of nitrogens with one attached hydrogen (secondary N) is 4. The van der Waals surface area contributed by atoms with E-state index in [1.165, 1.54) is 10.9 Å². The molecule has 0 radical (unpaired) electrons. The molecule has 0 aliphatic carbocycles. The molecule has 2 aromatic heterocycles. The monoisotopic (exact) mass is 491 g/mol. The van der Waals surface area contributed by atoms with Crippen molar-refractivity contribution in [3.05, 3.63) is 82.3 Å². The molecule has 0 saturated carbocycles. The van der Waals surface area contributed by atoms with Crippen LogP contribution < -0.4 is 16.0 Å². The van der Waals surface area contributed by atoms with Gasteiger partial charge in [0.25, 0.3) is 0 Å². The highest BCUT2D eigenvalue weighted by atomic mass is 35.5. The number of halogens is 1. The summed E-state index contributed by atoms with van der Waals surface area (Å²) in [7, 11) is 0. The fourth-order valence-corrected chi connectivity index (χ4v) is 3.96. The summed E-state index contributed by atoms with van der Waals surface area (Å²) < 4.78 is 0. The summed E-state index contributed by atoms with van der Waals surface area (Å²) in [5.41, 5.74) is 5.83. The molecular weight excluding hydrogens is 466 g/mol. The predicted molar refractivity (Wildman–Crippen MR) is 145 cm³/mol. The fourth-order valence-electron chi connectivity index (χ4n) is 3.57. The Morgan fingerprint density at radius 3 is 2.56 bits per heavy atom. The number of para-hydroxylation sites is 1. The number of aromatic amines is 1. The molecule has 0 atom stereocenters. The van der Waals surface area contributed by atoms with E-state index in [2.05, 4.69) is 43.0 Å². The Hall–Kier alpha value is -3.49. The van der Waals surface area contributed by atoms with Crippen molar-refractivity contribution < 1.29 is 0 Å². The molecular formula is C25H26ClN7S. The highest BCUT2D eigenvalue weighted by molar-refractivity contribution is 7.80. The zero-order valence-electron chi connectivity index (χ0n) is 19.2. The minimum absolute atomic E-state index is 0.377. The van der Waals surface area contributed by atoms with Crippen molar-refractivity contribution in [2.75, 3.05) is 17.2 Å².